The lowest BCUT2D eigenvalue weighted by Crippen LogP contribution is -2.51. The molecule has 2 saturated heterocycles. The molecule has 5 atom stereocenters. The number of rotatable bonds is 10. The van der Waals surface area contributed by atoms with Gasteiger partial charge >= 0.3 is 12.2 Å². The number of likely N-dealkylation sites (tertiary alicyclic amines) is 2. The third kappa shape index (κ3) is 8.31. The highest BCUT2D eigenvalue weighted by Crippen LogP contribution is 2.36. The van der Waals surface area contributed by atoms with Crippen LogP contribution in [0.1, 0.15) is 73.5 Å². The zero-order valence-corrected chi connectivity index (χ0v) is 33.4. The normalized spacial score (nSPS) is 19.0. The number of aromatic nitrogens is 4. The van der Waals surface area contributed by atoms with Gasteiger partial charge in [-0.3, -0.25) is 14.3 Å². The number of alkyl halides is 1. The van der Waals surface area contributed by atoms with Crippen LogP contribution >= 0.6 is 0 Å². The molecule has 2 fully saturated rings. The van der Waals surface area contributed by atoms with E-state index in [0.29, 0.717) is 23.7 Å². The van der Waals surface area contributed by atoms with Gasteiger partial charge in [0.2, 0.25) is 11.8 Å². The number of fused-ring (bicyclic) bond motifs is 2. The van der Waals surface area contributed by atoms with E-state index in [9.17, 15) is 23.6 Å². The zero-order valence-electron chi connectivity index (χ0n) is 33.4. The Morgan fingerprint density at radius 3 is 1.64 bits per heavy atom. The van der Waals surface area contributed by atoms with Crippen molar-refractivity contribution in [2.75, 3.05) is 27.3 Å². The Kier molecular flexibility index (Phi) is 12.3. The molecule has 2 aliphatic rings. The molecule has 3 aromatic carbocycles. The van der Waals surface area contributed by atoms with Crippen LogP contribution in [0.4, 0.5) is 18.7 Å². The minimum absolute atomic E-state index is 0. The Morgan fingerprint density at radius 1 is 0.724 bits per heavy atom. The summed E-state index contributed by atoms with van der Waals surface area (Å²) in [5, 5.41) is 5.29. The van der Waals surface area contributed by atoms with Crippen molar-refractivity contribution in [2.45, 2.75) is 77.3 Å². The Hall–Kier alpha value is -6.06. The monoisotopic (exact) mass is 804 g/mol. The number of nitrogens with one attached hydrogen (secondary N) is 4. The molecule has 0 unspecified atom stereocenters. The SMILES string of the molecule is COC(=O)N[C@H](C(=O)N1CCC[C@H]1c1nc2ccc(-c3ccc(-c4ccc5nc([C@@H]6C[C@@H](F)CN6C(=O)[C@@H](NC(=O)OC)C(C)C)[nH]c5c4)cc3)cc2[nH]1)C(C)C.F.[HH].[HH]. The van der Waals surface area contributed by atoms with Crippen molar-refractivity contribution in [2.24, 2.45) is 11.8 Å². The fourth-order valence-electron chi connectivity index (χ4n) is 7.95. The van der Waals surface area contributed by atoms with E-state index in [0.717, 1.165) is 51.6 Å². The molecular weight excluding hydrogens is 751 g/mol. The highest BCUT2D eigenvalue weighted by Gasteiger charge is 2.42. The molecule has 4 amide bonds. The maximum Gasteiger partial charge on any atom is 0.407 e. The summed E-state index contributed by atoms with van der Waals surface area (Å²) in [4.78, 5) is 70.9. The molecule has 16 heteroatoms. The van der Waals surface area contributed by atoms with E-state index in [-0.39, 0.29) is 50.2 Å². The summed E-state index contributed by atoms with van der Waals surface area (Å²) in [6.45, 7) is 7.90. The maximum atomic E-state index is 14.8. The summed E-state index contributed by atoms with van der Waals surface area (Å²) < 4.78 is 24.3. The fraction of sp³-hybridized carbons (Fsp3) is 0.429. The van der Waals surface area contributed by atoms with Gasteiger partial charge in [-0.1, -0.05) is 64.1 Å². The molecular formula is C42H54F2N8O6. The lowest BCUT2D eigenvalue weighted by molar-refractivity contribution is -0.136. The van der Waals surface area contributed by atoms with Crippen molar-refractivity contribution in [3.8, 4) is 22.3 Å². The molecule has 4 heterocycles. The number of hydrogen-bond acceptors (Lipinski definition) is 8. The molecule has 0 bridgehead atoms. The molecule has 0 aliphatic carbocycles. The van der Waals surface area contributed by atoms with Crippen LogP contribution in [0.2, 0.25) is 0 Å². The molecule has 312 valence electrons. The number of amides is 4. The predicted molar refractivity (Wildman–Crippen MR) is 219 cm³/mol. The minimum atomic E-state index is -1.22. The lowest BCUT2D eigenvalue weighted by Gasteiger charge is -2.29. The third-order valence-corrected chi connectivity index (χ3v) is 11.0. The summed E-state index contributed by atoms with van der Waals surface area (Å²) in [5.74, 6) is 0.313. The highest BCUT2D eigenvalue weighted by molar-refractivity contribution is 5.88. The second kappa shape index (κ2) is 17.2. The van der Waals surface area contributed by atoms with Gasteiger partial charge in [0.25, 0.3) is 0 Å². The molecule has 5 aromatic rings. The third-order valence-electron chi connectivity index (χ3n) is 11.0. The van der Waals surface area contributed by atoms with Gasteiger partial charge in [0.15, 0.2) is 0 Å². The van der Waals surface area contributed by atoms with E-state index in [1.54, 1.807) is 4.90 Å². The quantitative estimate of drug-likeness (QED) is 0.113. The Labute approximate surface area is 337 Å². The first-order valence-corrected chi connectivity index (χ1v) is 19.4. The van der Waals surface area contributed by atoms with E-state index in [1.165, 1.54) is 19.1 Å². The number of hydrogen-bond donors (Lipinski definition) is 4. The molecule has 0 saturated carbocycles. The molecule has 2 aliphatic heterocycles. The second-order valence-corrected chi connectivity index (χ2v) is 15.5. The maximum absolute atomic E-state index is 14.8. The molecule has 58 heavy (non-hydrogen) atoms. The smallest absolute Gasteiger partial charge is 0.407 e. The topological polar surface area (TPSA) is 175 Å². The molecule has 7 rings (SSSR count). The van der Waals surface area contributed by atoms with Crippen LogP contribution in [0.15, 0.2) is 60.7 Å². The Morgan fingerprint density at radius 2 is 1.17 bits per heavy atom. The summed E-state index contributed by atoms with van der Waals surface area (Å²) in [7, 11) is 2.52. The number of H-pyrrole nitrogens is 2. The van der Waals surface area contributed by atoms with Crippen molar-refractivity contribution >= 4 is 46.1 Å². The van der Waals surface area contributed by atoms with Crippen molar-refractivity contribution in [1.82, 2.24) is 40.4 Å². The zero-order chi connectivity index (χ0) is 40.5. The fourth-order valence-corrected chi connectivity index (χ4v) is 7.95. The molecule has 0 spiro atoms. The average Bonchev–Trinajstić information content (AvgIpc) is 4.02. The Bertz CT molecular complexity index is 2300. The van der Waals surface area contributed by atoms with Crippen LogP contribution < -0.4 is 10.6 Å². The van der Waals surface area contributed by atoms with Crippen LogP contribution in [0.25, 0.3) is 44.3 Å². The standard InChI is InChI=1S/C42H49FN8O6.FH.2H2/c1-22(2)35(48-41(54)56-5)39(52)50-17-7-8-33(50)37-44-29-15-13-26(18-31(29)46-37)24-9-11-25(12-10-24)27-14-16-30-32(19-27)47-38(45-30)34-20-28(43)21-51(34)40(53)36(23(3)4)49-42(55)57-6;;;/h9-16,18-19,22-23,28,33-36H,7-8,17,20-21H2,1-6H3,(H,44,46)(H,45,47)(H,48,54)(H,49,55);3*1H/t28-,33+,34+,35+,36+;;;/m1.../s1. The number of methoxy groups -OCH3 is 2. The van der Waals surface area contributed by atoms with E-state index in [4.69, 9.17) is 19.4 Å². The van der Waals surface area contributed by atoms with E-state index < -0.39 is 36.5 Å². The molecule has 4 N–H and O–H groups in total. The summed E-state index contributed by atoms with van der Waals surface area (Å²) in [6.07, 6.45) is -0.884. The number of ether oxygens (including phenoxy) is 2. The number of alkyl carbamates (subject to hydrolysis) is 2. The molecule has 2 aromatic heterocycles. The predicted octanol–water partition coefficient (Wildman–Crippen LogP) is 7.45. The van der Waals surface area contributed by atoms with Gasteiger partial charge in [0, 0.05) is 15.8 Å². The second-order valence-electron chi connectivity index (χ2n) is 15.5. The van der Waals surface area contributed by atoms with Gasteiger partial charge in [-0.15, -0.1) is 0 Å². The minimum Gasteiger partial charge on any atom is -0.453 e. The molecule has 14 nitrogen and oxygen atoms in total. The number of halogens is 2. The average molecular weight is 805 g/mol. The van der Waals surface area contributed by atoms with E-state index in [1.807, 2.05) is 58.0 Å². The number of nitrogens with zero attached hydrogens (tertiary/aromatic N) is 4. The van der Waals surface area contributed by atoms with Gasteiger partial charge in [-0.25, -0.2) is 23.9 Å². The van der Waals surface area contributed by atoms with Gasteiger partial charge < -0.3 is 39.9 Å². The van der Waals surface area contributed by atoms with Crippen molar-refractivity contribution in [3.05, 3.63) is 72.3 Å². The molecule has 0 radical (unpaired) electrons. The number of benzene rings is 3. The van der Waals surface area contributed by atoms with E-state index in [2.05, 4.69) is 50.9 Å². The number of carbonyl (C=O) groups is 4. The number of carbonyl (C=O) groups excluding carboxylic acids is 4. The summed E-state index contributed by atoms with van der Waals surface area (Å²) in [5.41, 5.74) is 7.09. The lowest BCUT2D eigenvalue weighted by atomic mass is 10.00. The van der Waals surface area contributed by atoms with Gasteiger partial charge in [-0.2, -0.15) is 0 Å². The van der Waals surface area contributed by atoms with Crippen LogP contribution in [0.5, 0.6) is 0 Å². The first-order chi connectivity index (χ1) is 27.3. The van der Waals surface area contributed by atoms with Gasteiger partial charge in [-0.05, 0) is 71.2 Å². The van der Waals surface area contributed by atoms with Crippen molar-refractivity contribution < 1.29 is 40.6 Å². The summed E-state index contributed by atoms with van der Waals surface area (Å²) >= 11 is 0. The summed E-state index contributed by atoms with van der Waals surface area (Å²) in [6, 6.07) is 17.8. The largest absolute Gasteiger partial charge is 0.453 e. The van der Waals surface area contributed by atoms with Crippen LogP contribution in [-0.4, -0.2) is 99.3 Å². The Balaban J connectivity index is 0.00000265. The van der Waals surface area contributed by atoms with Crippen LogP contribution in [-0.2, 0) is 19.1 Å². The van der Waals surface area contributed by atoms with Crippen molar-refractivity contribution in [1.29, 1.82) is 0 Å². The number of imidazole rings is 2. The number of aromatic amines is 2. The first-order valence-electron chi connectivity index (χ1n) is 19.4. The van der Waals surface area contributed by atoms with Crippen LogP contribution in [0, 0.1) is 11.8 Å². The first kappa shape index (κ1) is 41.6. The van der Waals surface area contributed by atoms with Gasteiger partial charge in [0.05, 0.1) is 54.9 Å². The van der Waals surface area contributed by atoms with Crippen molar-refractivity contribution in [3.63, 3.8) is 0 Å². The highest BCUT2D eigenvalue weighted by atomic mass is 19.1. The van der Waals surface area contributed by atoms with Crippen LogP contribution in [0.3, 0.4) is 0 Å². The van der Waals surface area contributed by atoms with E-state index >= 15 is 0 Å². The van der Waals surface area contributed by atoms with Gasteiger partial charge in [0.1, 0.15) is 29.9 Å².